The lowest BCUT2D eigenvalue weighted by atomic mass is 10.1. The molecule has 4 rings (SSSR count). The number of aromatic nitrogens is 3. The Hall–Kier alpha value is -3.04. The molecule has 31 heavy (non-hydrogen) atoms. The van der Waals surface area contributed by atoms with Crippen LogP contribution in [0.4, 0.5) is 13.2 Å². The molecule has 0 saturated carbocycles. The van der Waals surface area contributed by atoms with E-state index in [2.05, 4.69) is 19.9 Å². The maximum absolute atomic E-state index is 12.8. The van der Waals surface area contributed by atoms with Gasteiger partial charge in [0.2, 0.25) is 0 Å². The normalized spacial score (nSPS) is 12.0. The number of nitrogens with one attached hydrogen (secondary N) is 1. The van der Waals surface area contributed by atoms with Crippen LogP contribution in [0.1, 0.15) is 24.0 Å². The Kier molecular flexibility index (Phi) is 5.88. The van der Waals surface area contributed by atoms with Gasteiger partial charge in [0, 0.05) is 17.5 Å². The smallest absolute Gasteiger partial charge is 0.309 e. The molecule has 0 fully saturated rings. The first-order chi connectivity index (χ1) is 14.8. The molecule has 0 aliphatic carbocycles. The van der Waals surface area contributed by atoms with Crippen molar-refractivity contribution in [2.45, 2.75) is 26.2 Å². The zero-order valence-electron chi connectivity index (χ0n) is 16.6. The average Bonchev–Trinajstić information content (AvgIpc) is 3.21. The zero-order valence-corrected chi connectivity index (χ0v) is 17.4. The van der Waals surface area contributed by atoms with Gasteiger partial charge in [0.25, 0.3) is 5.56 Å². The molecule has 2 heterocycles. The topological polar surface area (TPSA) is 61.9 Å². The monoisotopic (exact) mass is 444 g/mol. The Morgan fingerprint density at radius 3 is 2.48 bits per heavy atom. The summed E-state index contributed by atoms with van der Waals surface area (Å²) < 4.78 is 38.3. The van der Waals surface area contributed by atoms with E-state index in [4.69, 9.17) is 0 Å². The van der Waals surface area contributed by atoms with Gasteiger partial charge in [-0.1, -0.05) is 31.2 Å². The molecule has 5 nitrogen and oxygen atoms in total. The number of nitrogens with zero attached hydrogens (tertiary/aromatic N) is 3. The van der Waals surface area contributed by atoms with Crippen LogP contribution in [0.15, 0.2) is 58.7 Å². The quantitative estimate of drug-likeness (QED) is 0.450. The van der Waals surface area contributed by atoms with E-state index in [1.54, 1.807) is 18.2 Å². The first kappa shape index (κ1) is 21.2. The fraction of sp³-hybridized carbons (Fsp3) is 0.227. The number of fused-ring (bicyclic) bond motifs is 1. The van der Waals surface area contributed by atoms with Gasteiger partial charge in [-0.05, 0) is 30.8 Å². The Morgan fingerprint density at radius 2 is 1.77 bits per heavy atom. The third-order valence-electron chi connectivity index (χ3n) is 4.88. The SMILES string of the molecule is CCN(Cc1csc(-c2ccc(C(F)(F)F)cc2)n1)Cc1nc2ccccc2c(=O)[nH]1. The lowest BCUT2D eigenvalue weighted by molar-refractivity contribution is -0.137. The third kappa shape index (κ3) is 4.83. The van der Waals surface area contributed by atoms with Crippen LogP contribution in [-0.2, 0) is 19.3 Å². The molecular weight excluding hydrogens is 425 g/mol. The van der Waals surface area contributed by atoms with Crippen molar-refractivity contribution in [3.63, 3.8) is 0 Å². The van der Waals surface area contributed by atoms with Gasteiger partial charge in [0.1, 0.15) is 10.8 Å². The molecule has 9 heteroatoms. The predicted molar refractivity (Wildman–Crippen MR) is 115 cm³/mol. The maximum atomic E-state index is 12.8. The average molecular weight is 444 g/mol. The van der Waals surface area contributed by atoms with Crippen molar-refractivity contribution in [3.8, 4) is 10.6 Å². The summed E-state index contributed by atoms with van der Waals surface area (Å²) in [5, 5.41) is 3.11. The van der Waals surface area contributed by atoms with Gasteiger partial charge in [-0.25, -0.2) is 9.97 Å². The molecule has 0 unspecified atom stereocenters. The number of thiazole rings is 1. The van der Waals surface area contributed by atoms with E-state index < -0.39 is 11.7 Å². The minimum Gasteiger partial charge on any atom is -0.309 e. The van der Waals surface area contributed by atoms with Gasteiger partial charge >= 0.3 is 6.18 Å². The Balaban J connectivity index is 1.49. The summed E-state index contributed by atoms with van der Waals surface area (Å²) in [6.45, 7) is 3.69. The number of aromatic amines is 1. The van der Waals surface area contributed by atoms with Crippen molar-refractivity contribution in [1.82, 2.24) is 19.9 Å². The van der Waals surface area contributed by atoms with E-state index in [1.165, 1.54) is 23.5 Å². The molecule has 0 radical (unpaired) electrons. The van der Waals surface area contributed by atoms with Crippen LogP contribution < -0.4 is 5.56 Å². The van der Waals surface area contributed by atoms with Crippen molar-refractivity contribution < 1.29 is 13.2 Å². The number of hydrogen-bond acceptors (Lipinski definition) is 5. The van der Waals surface area contributed by atoms with E-state index in [9.17, 15) is 18.0 Å². The number of benzene rings is 2. The largest absolute Gasteiger partial charge is 0.416 e. The molecule has 1 N–H and O–H groups in total. The number of H-pyrrole nitrogens is 1. The number of rotatable bonds is 6. The number of halogens is 3. The lowest BCUT2D eigenvalue weighted by Crippen LogP contribution is -2.25. The summed E-state index contributed by atoms with van der Waals surface area (Å²) in [6.07, 6.45) is -4.36. The van der Waals surface area contributed by atoms with Crippen molar-refractivity contribution in [2.24, 2.45) is 0 Å². The summed E-state index contributed by atoms with van der Waals surface area (Å²) in [5.41, 5.74) is 1.25. The standard InChI is InChI=1S/C22H19F3N4OS/c1-2-29(12-19-27-18-6-4-3-5-17(18)20(30)28-19)11-16-13-31-21(26-16)14-7-9-15(10-8-14)22(23,24)25/h3-10,13H,2,11-12H2,1H3,(H,27,28,30). The highest BCUT2D eigenvalue weighted by molar-refractivity contribution is 7.13. The number of alkyl halides is 3. The molecule has 2 aromatic heterocycles. The Morgan fingerprint density at radius 1 is 1.03 bits per heavy atom. The fourth-order valence-corrected chi connectivity index (χ4v) is 4.06. The Labute approximate surface area is 180 Å². The van der Waals surface area contributed by atoms with E-state index in [-0.39, 0.29) is 5.56 Å². The maximum Gasteiger partial charge on any atom is 0.416 e. The third-order valence-corrected chi connectivity index (χ3v) is 5.82. The summed E-state index contributed by atoms with van der Waals surface area (Å²) in [6, 6.07) is 12.2. The highest BCUT2D eigenvalue weighted by atomic mass is 32.1. The second-order valence-corrected chi connectivity index (χ2v) is 7.91. The summed E-state index contributed by atoms with van der Waals surface area (Å²) in [4.78, 5) is 26.3. The molecule has 0 bridgehead atoms. The summed E-state index contributed by atoms with van der Waals surface area (Å²) in [5.74, 6) is 0.573. The van der Waals surface area contributed by atoms with Crippen molar-refractivity contribution in [3.05, 3.63) is 81.3 Å². The molecule has 0 saturated heterocycles. The van der Waals surface area contributed by atoms with E-state index >= 15 is 0 Å². The minimum atomic E-state index is -4.36. The Bertz CT molecular complexity index is 1250. The van der Waals surface area contributed by atoms with Crippen LogP contribution in [0.25, 0.3) is 21.5 Å². The predicted octanol–water partition coefficient (Wildman–Crippen LogP) is 5.09. The first-order valence-electron chi connectivity index (χ1n) is 9.66. The molecule has 0 amide bonds. The highest BCUT2D eigenvalue weighted by Gasteiger charge is 2.30. The van der Waals surface area contributed by atoms with Crippen LogP contribution in [0.5, 0.6) is 0 Å². The fourth-order valence-electron chi connectivity index (χ4n) is 3.24. The van der Waals surface area contributed by atoms with Crippen LogP contribution in [0.2, 0.25) is 0 Å². The van der Waals surface area contributed by atoms with Crippen LogP contribution in [0, 0.1) is 0 Å². The second kappa shape index (κ2) is 8.60. The zero-order chi connectivity index (χ0) is 22.0. The van der Waals surface area contributed by atoms with Gasteiger partial charge in [-0.3, -0.25) is 9.69 Å². The highest BCUT2D eigenvalue weighted by Crippen LogP contribution is 2.32. The van der Waals surface area contributed by atoms with E-state index in [0.717, 1.165) is 17.8 Å². The summed E-state index contributed by atoms with van der Waals surface area (Å²) in [7, 11) is 0. The van der Waals surface area contributed by atoms with E-state index in [1.807, 2.05) is 18.4 Å². The molecule has 0 atom stereocenters. The summed E-state index contributed by atoms with van der Waals surface area (Å²) >= 11 is 1.39. The van der Waals surface area contributed by atoms with Crippen LogP contribution in [0.3, 0.4) is 0 Å². The van der Waals surface area contributed by atoms with Crippen molar-refractivity contribution in [1.29, 1.82) is 0 Å². The molecule has 4 aromatic rings. The van der Waals surface area contributed by atoms with E-state index in [0.29, 0.717) is 46.9 Å². The first-order valence-corrected chi connectivity index (χ1v) is 10.5. The number of hydrogen-bond donors (Lipinski definition) is 1. The molecular formula is C22H19F3N4OS. The molecule has 0 aliphatic rings. The molecule has 2 aromatic carbocycles. The van der Waals surface area contributed by atoms with Gasteiger partial charge in [0.15, 0.2) is 0 Å². The molecule has 0 spiro atoms. The van der Waals surface area contributed by atoms with Crippen LogP contribution in [-0.4, -0.2) is 26.4 Å². The number of para-hydroxylation sites is 1. The van der Waals surface area contributed by atoms with Gasteiger partial charge in [0.05, 0.1) is 28.7 Å². The lowest BCUT2D eigenvalue weighted by Gasteiger charge is -2.18. The van der Waals surface area contributed by atoms with Gasteiger partial charge in [-0.15, -0.1) is 11.3 Å². The molecule has 0 aliphatic heterocycles. The second-order valence-electron chi connectivity index (χ2n) is 7.05. The van der Waals surface area contributed by atoms with Crippen LogP contribution >= 0.6 is 11.3 Å². The van der Waals surface area contributed by atoms with Gasteiger partial charge in [-0.2, -0.15) is 13.2 Å². The minimum absolute atomic E-state index is 0.171. The van der Waals surface area contributed by atoms with Crippen molar-refractivity contribution in [2.75, 3.05) is 6.54 Å². The molecule has 160 valence electrons. The van der Waals surface area contributed by atoms with Gasteiger partial charge < -0.3 is 4.98 Å². The van der Waals surface area contributed by atoms with Crippen molar-refractivity contribution >= 4 is 22.2 Å².